The van der Waals surface area contributed by atoms with Crippen molar-refractivity contribution in [3.05, 3.63) is 35.2 Å². The third kappa shape index (κ3) is 2.78. The van der Waals surface area contributed by atoms with Crippen molar-refractivity contribution in [1.82, 2.24) is 15.5 Å². The van der Waals surface area contributed by atoms with Crippen molar-refractivity contribution < 1.29 is 13.9 Å². The summed E-state index contributed by atoms with van der Waals surface area (Å²) in [5.41, 5.74) is 0.649. The Bertz CT molecular complexity index is 556. The molecule has 18 heavy (non-hydrogen) atoms. The average molecular weight is 268 g/mol. The SMILES string of the molecule is COC(=O)NCc1nnc(-c2ccccc2Cl)o1. The maximum Gasteiger partial charge on any atom is 0.407 e. The van der Waals surface area contributed by atoms with Crippen molar-refractivity contribution in [2.75, 3.05) is 7.11 Å². The number of ether oxygens (including phenoxy) is 1. The molecule has 0 saturated heterocycles. The molecule has 1 amide bonds. The molecule has 0 aliphatic heterocycles. The molecule has 0 unspecified atom stereocenters. The van der Waals surface area contributed by atoms with Gasteiger partial charge in [0.05, 0.1) is 24.2 Å². The van der Waals surface area contributed by atoms with Crippen molar-refractivity contribution >= 4 is 17.7 Å². The van der Waals surface area contributed by atoms with E-state index in [-0.39, 0.29) is 12.4 Å². The Morgan fingerprint density at radius 3 is 2.94 bits per heavy atom. The van der Waals surface area contributed by atoms with E-state index in [9.17, 15) is 4.79 Å². The molecule has 0 spiro atoms. The van der Waals surface area contributed by atoms with Crippen LogP contribution in [0.15, 0.2) is 28.7 Å². The van der Waals surface area contributed by atoms with Gasteiger partial charge in [-0.3, -0.25) is 0 Å². The van der Waals surface area contributed by atoms with E-state index in [4.69, 9.17) is 16.0 Å². The van der Waals surface area contributed by atoms with E-state index in [1.54, 1.807) is 12.1 Å². The van der Waals surface area contributed by atoms with Gasteiger partial charge in [0, 0.05) is 0 Å². The van der Waals surface area contributed by atoms with Crippen molar-refractivity contribution in [3.8, 4) is 11.5 Å². The van der Waals surface area contributed by atoms with Crippen LogP contribution in [-0.2, 0) is 11.3 Å². The van der Waals surface area contributed by atoms with Crippen LogP contribution in [0.4, 0.5) is 4.79 Å². The number of aromatic nitrogens is 2. The first kappa shape index (κ1) is 12.4. The smallest absolute Gasteiger partial charge is 0.407 e. The normalized spacial score (nSPS) is 10.1. The number of methoxy groups -OCH3 is 1. The molecule has 0 atom stereocenters. The summed E-state index contributed by atoms with van der Waals surface area (Å²) in [4.78, 5) is 10.9. The van der Waals surface area contributed by atoms with Gasteiger partial charge in [-0.2, -0.15) is 0 Å². The van der Waals surface area contributed by atoms with Crippen LogP contribution in [0.1, 0.15) is 5.89 Å². The number of carbonyl (C=O) groups excluding carboxylic acids is 1. The number of rotatable bonds is 3. The number of hydrogen-bond donors (Lipinski definition) is 1. The van der Waals surface area contributed by atoms with Crippen molar-refractivity contribution in [2.24, 2.45) is 0 Å². The van der Waals surface area contributed by atoms with Crippen LogP contribution in [0.5, 0.6) is 0 Å². The van der Waals surface area contributed by atoms with E-state index in [2.05, 4.69) is 20.3 Å². The van der Waals surface area contributed by atoms with Crippen LogP contribution < -0.4 is 5.32 Å². The summed E-state index contributed by atoms with van der Waals surface area (Å²) in [5.74, 6) is 0.581. The summed E-state index contributed by atoms with van der Waals surface area (Å²) in [6, 6.07) is 7.13. The molecular weight excluding hydrogens is 258 g/mol. The van der Waals surface area contributed by atoms with Crippen molar-refractivity contribution in [3.63, 3.8) is 0 Å². The second-order valence-electron chi connectivity index (χ2n) is 3.33. The highest BCUT2D eigenvalue weighted by atomic mass is 35.5. The van der Waals surface area contributed by atoms with E-state index in [1.807, 2.05) is 12.1 Å². The average Bonchev–Trinajstić information content (AvgIpc) is 2.85. The lowest BCUT2D eigenvalue weighted by Crippen LogP contribution is -2.22. The summed E-state index contributed by atoms with van der Waals surface area (Å²) >= 11 is 6.00. The first-order chi connectivity index (χ1) is 8.70. The lowest BCUT2D eigenvalue weighted by Gasteiger charge is -1.99. The van der Waals surface area contributed by atoms with Gasteiger partial charge in [0.2, 0.25) is 11.8 Å². The second kappa shape index (κ2) is 5.50. The van der Waals surface area contributed by atoms with E-state index >= 15 is 0 Å². The number of halogens is 1. The van der Waals surface area contributed by atoms with Gasteiger partial charge in [0.25, 0.3) is 0 Å². The third-order valence-corrected chi connectivity index (χ3v) is 2.47. The molecule has 0 saturated carbocycles. The Morgan fingerprint density at radius 1 is 1.44 bits per heavy atom. The van der Waals surface area contributed by atoms with E-state index in [0.29, 0.717) is 16.5 Å². The molecule has 1 aromatic heterocycles. The molecule has 2 aromatic rings. The van der Waals surface area contributed by atoms with Crippen molar-refractivity contribution in [2.45, 2.75) is 6.54 Å². The molecular formula is C11H10ClN3O3. The van der Waals surface area contributed by atoms with E-state index < -0.39 is 6.09 Å². The summed E-state index contributed by atoms with van der Waals surface area (Å²) < 4.78 is 9.79. The highest BCUT2D eigenvalue weighted by molar-refractivity contribution is 6.33. The number of nitrogens with one attached hydrogen (secondary N) is 1. The van der Waals surface area contributed by atoms with Gasteiger partial charge in [-0.05, 0) is 12.1 Å². The molecule has 0 aliphatic rings. The Labute approximate surface area is 108 Å². The Kier molecular flexibility index (Phi) is 3.78. The molecule has 2 rings (SSSR count). The first-order valence-electron chi connectivity index (χ1n) is 5.10. The summed E-state index contributed by atoms with van der Waals surface area (Å²) in [5, 5.41) is 10.6. The highest BCUT2D eigenvalue weighted by Crippen LogP contribution is 2.25. The number of benzene rings is 1. The van der Waals surface area contributed by atoms with Gasteiger partial charge in [-0.25, -0.2) is 4.79 Å². The fourth-order valence-electron chi connectivity index (χ4n) is 1.29. The molecule has 1 heterocycles. The Morgan fingerprint density at radius 2 is 2.22 bits per heavy atom. The maximum absolute atomic E-state index is 10.9. The van der Waals surface area contributed by atoms with E-state index in [1.165, 1.54) is 7.11 Å². The standard InChI is InChI=1S/C11H10ClN3O3/c1-17-11(16)13-6-9-14-15-10(18-9)7-4-2-3-5-8(7)12/h2-5H,6H2,1H3,(H,13,16). The van der Waals surface area contributed by atoms with Crippen LogP contribution in [0.25, 0.3) is 11.5 Å². The number of hydrogen-bond acceptors (Lipinski definition) is 5. The topological polar surface area (TPSA) is 77.2 Å². The second-order valence-corrected chi connectivity index (χ2v) is 3.73. The Hall–Kier alpha value is -2.08. The molecule has 6 nitrogen and oxygen atoms in total. The lowest BCUT2D eigenvalue weighted by molar-refractivity contribution is 0.169. The molecule has 7 heteroatoms. The quantitative estimate of drug-likeness (QED) is 0.923. The molecule has 0 radical (unpaired) electrons. The van der Waals surface area contributed by atoms with Crippen LogP contribution in [-0.4, -0.2) is 23.4 Å². The van der Waals surface area contributed by atoms with Gasteiger partial charge in [0.1, 0.15) is 0 Å². The van der Waals surface area contributed by atoms with Crippen LogP contribution in [0.2, 0.25) is 5.02 Å². The predicted octanol–water partition coefficient (Wildman–Crippen LogP) is 2.25. The van der Waals surface area contributed by atoms with Gasteiger partial charge >= 0.3 is 6.09 Å². The fraction of sp³-hybridized carbons (Fsp3) is 0.182. The zero-order chi connectivity index (χ0) is 13.0. The summed E-state index contributed by atoms with van der Waals surface area (Å²) in [6.45, 7) is 0.101. The van der Waals surface area contributed by atoms with Crippen LogP contribution >= 0.6 is 11.6 Å². The largest absolute Gasteiger partial charge is 0.453 e. The zero-order valence-electron chi connectivity index (χ0n) is 9.51. The number of alkyl carbamates (subject to hydrolysis) is 1. The zero-order valence-corrected chi connectivity index (χ0v) is 10.3. The fourth-order valence-corrected chi connectivity index (χ4v) is 1.51. The number of amides is 1. The summed E-state index contributed by atoms with van der Waals surface area (Å²) in [7, 11) is 1.28. The van der Waals surface area contributed by atoms with Gasteiger partial charge in [-0.15, -0.1) is 10.2 Å². The molecule has 1 N–H and O–H groups in total. The van der Waals surface area contributed by atoms with Gasteiger partial charge in [0.15, 0.2) is 0 Å². The molecule has 1 aromatic carbocycles. The molecule has 94 valence electrons. The van der Waals surface area contributed by atoms with E-state index in [0.717, 1.165) is 0 Å². The van der Waals surface area contributed by atoms with Gasteiger partial charge < -0.3 is 14.5 Å². The van der Waals surface area contributed by atoms with Crippen LogP contribution in [0.3, 0.4) is 0 Å². The lowest BCUT2D eigenvalue weighted by atomic mass is 10.2. The minimum Gasteiger partial charge on any atom is -0.453 e. The molecule has 0 fully saturated rings. The highest BCUT2D eigenvalue weighted by Gasteiger charge is 2.11. The van der Waals surface area contributed by atoms with Gasteiger partial charge in [-0.1, -0.05) is 23.7 Å². The molecule has 0 bridgehead atoms. The van der Waals surface area contributed by atoms with Crippen LogP contribution in [0, 0.1) is 0 Å². The minimum atomic E-state index is -0.563. The maximum atomic E-state index is 10.9. The third-order valence-electron chi connectivity index (χ3n) is 2.14. The first-order valence-corrected chi connectivity index (χ1v) is 5.47. The summed E-state index contributed by atoms with van der Waals surface area (Å²) in [6.07, 6.45) is -0.563. The van der Waals surface area contributed by atoms with Crippen molar-refractivity contribution in [1.29, 1.82) is 0 Å². The molecule has 0 aliphatic carbocycles. The number of nitrogens with zero attached hydrogens (tertiary/aromatic N) is 2. The Balaban J connectivity index is 2.11. The monoisotopic (exact) mass is 267 g/mol. The number of carbonyl (C=O) groups is 1. The minimum absolute atomic E-state index is 0.101. The predicted molar refractivity (Wildman–Crippen MR) is 64.0 cm³/mol.